The number of thiocarbonyl (C=S) groups is 1. The topological polar surface area (TPSA) is 79.5 Å². The summed E-state index contributed by atoms with van der Waals surface area (Å²) < 4.78 is 33.2. The number of halogens is 2. The second kappa shape index (κ2) is 9.53. The molecule has 3 N–H and O–H groups in total. The summed E-state index contributed by atoms with van der Waals surface area (Å²) in [5, 5.41) is 7.45. The van der Waals surface area contributed by atoms with E-state index in [1.165, 1.54) is 19.2 Å². The second-order valence-electron chi connectivity index (χ2n) is 6.06. The van der Waals surface area contributed by atoms with Crippen molar-refractivity contribution in [1.82, 2.24) is 0 Å². The van der Waals surface area contributed by atoms with Crippen LogP contribution in [0.5, 0.6) is 5.75 Å². The van der Waals surface area contributed by atoms with E-state index < -0.39 is 10.0 Å². The van der Waals surface area contributed by atoms with E-state index in [4.69, 9.17) is 40.2 Å². The van der Waals surface area contributed by atoms with E-state index in [9.17, 15) is 8.42 Å². The lowest BCUT2D eigenvalue weighted by Crippen LogP contribution is -2.19. The predicted molar refractivity (Wildman–Crippen MR) is 127 cm³/mol. The van der Waals surface area contributed by atoms with E-state index in [2.05, 4.69) is 15.4 Å². The lowest BCUT2D eigenvalue weighted by atomic mass is 10.3. The summed E-state index contributed by atoms with van der Waals surface area (Å²) in [6.07, 6.45) is 0. The Kier molecular flexibility index (Phi) is 7.04. The average Bonchev–Trinajstić information content (AvgIpc) is 2.71. The molecule has 3 aromatic carbocycles. The maximum absolute atomic E-state index is 12.7. The molecule has 0 bridgehead atoms. The number of nitrogens with one attached hydrogen (secondary N) is 3. The molecule has 0 saturated heterocycles. The highest BCUT2D eigenvalue weighted by atomic mass is 35.5. The third-order valence-corrected chi connectivity index (χ3v) is 6.02. The van der Waals surface area contributed by atoms with Crippen LogP contribution >= 0.6 is 35.4 Å². The summed E-state index contributed by atoms with van der Waals surface area (Å²) >= 11 is 17.0. The first-order valence-corrected chi connectivity index (χ1v) is 11.2. The lowest BCUT2D eigenvalue weighted by Gasteiger charge is -2.15. The summed E-state index contributed by atoms with van der Waals surface area (Å²) in [4.78, 5) is 0.0384. The van der Waals surface area contributed by atoms with Crippen molar-refractivity contribution in [3.05, 3.63) is 76.8 Å². The Bertz CT molecular complexity index is 1150. The van der Waals surface area contributed by atoms with Gasteiger partial charge in [-0.05, 0) is 72.9 Å². The zero-order valence-electron chi connectivity index (χ0n) is 15.6. The van der Waals surface area contributed by atoms with Crippen molar-refractivity contribution in [2.24, 2.45) is 0 Å². The normalized spacial score (nSPS) is 10.9. The molecule has 3 rings (SSSR count). The van der Waals surface area contributed by atoms with Crippen LogP contribution in [0.4, 0.5) is 17.1 Å². The van der Waals surface area contributed by atoms with E-state index in [1.54, 1.807) is 54.6 Å². The predicted octanol–water partition coefficient (Wildman–Crippen LogP) is 5.61. The molecule has 156 valence electrons. The fraction of sp³-hybridized carbons (Fsp3) is 0.0500. The summed E-state index contributed by atoms with van der Waals surface area (Å²) in [5.41, 5.74) is 1.66. The van der Waals surface area contributed by atoms with Gasteiger partial charge in [0, 0.05) is 27.5 Å². The average molecular weight is 482 g/mol. The van der Waals surface area contributed by atoms with Gasteiger partial charge < -0.3 is 15.4 Å². The summed E-state index contributed by atoms with van der Waals surface area (Å²) in [6.45, 7) is 0. The minimum atomic E-state index is -3.82. The first-order chi connectivity index (χ1) is 14.3. The third kappa shape index (κ3) is 5.76. The van der Waals surface area contributed by atoms with Crippen LogP contribution in [-0.2, 0) is 10.0 Å². The van der Waals surface area contributed by atoms with Crippen molar-refractivity contribution in [3.63, 3.8) is 0 Å². The molecule has 0 unspecified atom stereocenters. The molecule has 0 fully saturated rings. The number of methoxy groups -OCH3 is 1. The van der Waals surface area contributed by atoms with Gasteiger partial charge in [0.2, 0.25) is 0 Å². The molecule has 0 amide bonds. The Balaban J connectivity index is 1.75. The molecule has 0 radical (unpaired) electrons. The van der Waals surface area contributed by atoms with E-state index in [1.807, 2.05) is 0 Å². The fourth-order valence-corrected chi connectivity index (χ4v) is 4.05. The summed E-state index contributed by atoms with van der Waals surface area (Å²) in [6, 6.07) is 17.8. The number of sulfonamides is 1. The van der Waals surface area contributed by atoms with Crippen molar-refractivity contribution in [2.75, 3.05) is 22.5 Å². The van der Waals surface area contributed by atoms with Crippen molar-refractivity contribution < 1.29 is 13.2 Å². The van der Waals surface area contributed by atoms with Gasteiger partial charge in [0.25, 0.3) is 10.0 Å². The highest BCUT2D eigenvalue weighted by molar-refractivity contribution is 7.92. The molecule has 3 aromatic rings. The lowest BCUT2D eigenvalue weighted by molar-refractivity contribution is 0.415. The van der Waals surface area contributed by atoms with E-state index in [0.29, 0.717) is 32.3 Å². The molecule has 0 atom stereocenters. The zero-order chi connectivity index (χ0) is 21.7. The van der Waals surface area contributed by atoms with Crippen molar-refractivity contribution in [1.29, 1.82) is 0 Å². The minimum absolute atomic E-state index is 0.0384. The SMILES string of the molecule is COc1cc(S(=O)(=O)Nc2ccc(Cl)cc2)ccc1NC(=S)Nc1ccc(Cl)cc1. The van der Waals surface area contributed by atoms with Crippen molar-refractivity contribution >= 4 is 67.6 Å². The van der Waals surface area contributed by atoms with Crippen molar-refractivity contribution in [3.8, 4) is 5.75 Å². The number of hydrogen-bond acceptors (Lipinski definition) is 4. The van der Waals surface area contributed by atoms with Crippen LogP contribution in [0.15, 0.2) is 71.6 Å². The summed E-state index contributed by atoms with van der Waals surface area (Å²) in [5.74, 6) is 0.314. The van der Waals surface area contributed by atoms with Gasteiger partial charge in [-0.2, -0.15) is 0 Å². The van der Waals surface area contributed by atoms with E-state index >= 15 is 0 Å². The Labute approximate surface area is 190 Å². The van der Waals surface area contributed by atoms with Crippen LogP contribution in [0.25, 0.3) is 0 Å². The number of benzene rings is 3. The zero-order valence-corrected chi connectivity index (χ0v) is 18.8. The highest BCUT2D eigenvalue weighted by Gasteiger charge is 2.17. The molecule has 10 heteroatoms. The minimum Gasteiger partial charge on any atom is -0.495 e. The first kappa shape index (κ1) is 22.2. The standard InChI is InChI=1S/C20H17Cl2N3O3S2/c1-28-19-12-17(30(26,27)25-16-8-4-14(22)5-9-16)10-11-18(19)24-20(29)23-15-6-2-13(21)3-7-15/h2-12,25H,1H3,(H2,23,24,29). The number of anilines is 3. The Morgan fingerprint density at radius 3 is 2.00 bits per heavy atom. The smallest absolute Gasteiger partial charge is 0.262 e. The van der Waals surface area contributed by atoms with Crippen LogP contribution < -0.4 is 20.1 Å². The molecular formula is C20H17Cl2N3O3S2. The van der Waals surface area contributed by atoms with Gasteiger partial charge in [-0.25, -0.2) is 8.42 Å². The number of hydrogen-bond donors (Lipinski definition) is 3. The van der Waals surface area contributed by atoms with Gasteiger partial charge in [0.05, 0.1) is 17.7 Å². The van der Waals surface area contributed by atoms with Gasteiger partial charge in [0.15, 0.2) is 5.11 Å². The van der Waals surface area contributed by atoms with Crippen molar-refractivity contribution in [2.45, 2.75) is 4.90 Å². The number of ether oxygens (including phenoxy) is 1. The van der Waals surface area contributed by atoms with Crippen LogP contribution in [0.2, 0.25) is 10.0 Å². The van der Waals surface area contributed by atoms with Gasteiger partial charge in [-0.15, -0.1) is 0 Å². The Morgan fingerprint density at radius 2 is 1.43 bits per heavy atom. The Hall–Kier alpha value is -2.52. The maximum atomic E-state index is 12.7. The molecule has 6 nitrogen and oxygen atoms in total. The third-order valence-electron chi connectivity index (χ3n) is 3.93. The van der Waals surface area contributed by atoms with E-state index in [0.717, 1.165) is 5.69 Å². The highest BCUT2D eigenvalue weighted by Crippen LogP contribution is 2.29. The molecule has 0 spiro atoms. The van der Waals surface area contributed by atoms with Gasteiger partial charge in [-0.3, -0.25) is 4.72 Å². The summed E-state index contributed by atoms with van der Waals surface area (Å²) in [7, 11) is -2.37. The van der Waals surface area contributed by atoms with Crippen LogP contribution in [0.1, 0.15) is 0 Å². The Morgan fingerprint density at radius 1 is 0.867 bits per heavy atom. The number of rotatable bonds is 6. The molecule has 0 aliphatic rings. The van der Waals surface area contributed by atoms with Crippen LogP contribution in [0, 0.1) is 0 Å². The molecule has 30 heavy (non-hydrogen) atoms. The molecule has 0 aliphatic heterocycles. The largest absolute Gasteiger partial charge is 0.495 e. The van der Waals surface area contributed by atoms with Gasteiger partial charge >= 0.3 is 0 Å². The second-order valence-corrected chi connectivity index (χ2v) is 9.02. The quantitative estimate of drug-likeness (QED) is 0.397. The molecule has 0 aliphatic carbocycles. The van der Waals surface area contributed by atoms with E-state index in [-0.39, 0.29) is 4.90 Å². The first-order valence-electron chi connectivity index (χ1n) is 8.57. The van der Waals surface area contributed by atoms with Crippen LogP contribution in [0.3, 0.4) is 0 Å². The molecular weight excluding hydrogens is 465 g/mol. The molecule has 0 saturated carbocycles. The monoisotopic (exact) mass is 481 g/mol. The fourth-order valence-electron chi connectivity index (χ4n) is 2.49. The van der Waals surface area contributed by atoms with Gasteiger partial charge in [0.1, 0.15) is 5.75 Å². The van der Waals surface area contributed by atoms with Gasteiger partial charge in [-0.1, -0.05) is 23.2 Å². The van der Waals surface area contributed by atoms with Crippen LogP contribution in [-0.4, -0.2) is 20.6 Å². The molecule has 0 heterocycles. The molecule has 0 aromatic heterocycles. The maximum Gasteiger partial charge on any atom is 0.262 e.